The Morgan fingerprint density at radius 3 is 2.52 bits per heavy atom. The van der Waals surface area contributed by atoms with E-state index in [0.717, 1.165) is 5.56 Å². The minimum Gasteiger partial charge on any atom is -0.436 e. The van der Waals surface area contributed by atoms with E-state index in [-0.39, 0.29) is 19.3 Å². The van der Waals surface area contributed by atoms with Gasteiger partial charge in [-0.2, -0.15) is 0 Å². The smallest absolute Gasteiger partial charge is 0.436 e. The van der Waals surface area contributed by atoms with Crippen molar-refractivity contribution in [3.8, 4) is 12.3 Å². The van der Waals surface area contributed by atoms with Crippen molar-refractivity contribution in [2.75, 3.05) is 19.7 Å². The van der Waals surface area contributed by atoms with Crippen LogP contribution in [0.2, 0.25) is 0 Å². The van der Waals surface area contributed by atoms with Gasteiger partial charge in [0.05, 0.1) is 0 Å². The summed E-state index contributed by atoms with van der Waals surface area (Å²) < 4.78 is 15.2. The molecule has 2 rings (SSSR count). The third-order valence-electron chi connectivity index (χ3n) is 3.44. The van der Waals surface area contributed by atoms with E-state index in [1.165, 1.54) is 0 Å². The van der Waals surface area contributed by atoms with Crippen molar-refractivity contribution in [1.82, 2.24) is 4.90 Å². The lowest BCUT2D eigenvalue weighted by Crippen LogP contribution is -2.41. The lowest BCUT2D eigenvalue weighted by atomic mass is 10.1. The first-order chi connectivity index (χ1) is 11.2. The minimum atomic E-state index is -0.692. The van der Waals surface area contributed by atoms with Gasteiger partial charge in [0.15, 0.2) is 6.61 Å². The molecule has 1 amide bonds. The topological polar surface area (TPSA) is 65.1 Å². The van der Waals surface area contributed by atoms with Gasteiger partial charge in [-0.1, -0.05) is 36.3 Å². The zero-order chi connectivity index (χ0) is 16.5. The van der Waals surface area contributed by atoms with Gasteiger partial charge in [-0.3, -0.25) is 0 Å². The fourth-order valence-electron chi connectivity index (χ4n) is 2.24. The van der Waals surface area contributed by atoms with Crippen LogP contribution in [0.1, 0.15) is 18.4 Å². The van der Waals surface area contributed by atoms with Gasteiger partial charge in [-0.25, -0.2) is 9.59 Å². The van der Waals surface area contributed by atoms with Crippen LogP contribution in [0.3, 0.4) is 0 Å². The molecule has 0 aliphatic carbocycles. The average Bonchev–Trinajstić information content (AvgIpc) is 2.59. The molecule has 0 N–H and O–H groups in total. The number of amides is 1. The van der Waals surface area contributed by atoms with Crippen LogP contribution in [0.25, 0.3) is 0 Å². The molecular formula is C17H19NO5. The van der Waals surface area contributed by atoms with Crippen molar-refractivity contribution < 1.29 is 23.8 Å². The van der Waals surface area contributed by atoms with Crippen LogP contribution < -0.4 is 0 Å². The number of nitrogens with zero attached hydrogens (tertiary/aromatic N) is 1. The van der Waals surface area contributed by atoms with E-state index in [0.29, 0.717) is 25.9 Å². The van der Waals surface area contributed by atoms with Crippen LogP contribution in [0.4, 0.5) is 9.59 Å². The van der Waals surface area contributed by atoms with Gasteiger partial charge in [0, 0.05) is 25.9 Å². The summed E-state index contributed by atoms with van der Waals surface area (Å²) in [4.78, 5) is 24.8. The van der Waals surface area contributed by atoms with Crippen molar-refractivity contribution in [3.05, 3.63) is 35.9 Å². The Morgan fingerprint density at radius 1 is 1.17 bits per heavy atom. The van der Waals surface area contributed by atoms with Crippen molar-refractivity contribution in [2.24, 2.45) is 0 Å². The van der Waals surface area contributed by atoms with E-state index in [4.69, 9.17) is 20.6 Å². The standard InChI is InChI=1S/C17H19NO5/c1-2-12-21-16(19)18-10-8-15(9-11-18)23-17(20)22-13-14-6-4-3-5-7-14/h1,3-7,15H,8-13H2. The number of rotatable bonds is 4. The van der Waals surface area contributed by atoms with E-state index < -0.39 is 12.2 Å². The molecule has 0 radical (unpaired) electrons. The second-order valence-corrected chi connectivity index (χ2v) is 5.09. The van der Waals surface area contributed by atoms with Crippen molar-refractivity contribution in [2.45, 2.75) is 25.6 Å². The van der Waals surface area contributed by atoms with Gasteiger partial charge < -0.3 is 19.1 Å². The fourth-order valence-corrected chi connectivity index (χ4v) is 2.24. The van der Waals surface area contributed by atoms with Gasteiger partial charge in [0.1, 0.15) is 12.7 Å². The summed E-state index contributed by atoms with van der Waals surface area (Å²) >= 11 is 0. The number of hydrogen-bond acceptors (Lipinski definition) is 5. The molecule has 1 aromatic rings. The highest BCUT2D eigenvalue weighted by Crippen LogP contribution is 2.15. The Balaban J connectivity index is 1.66. The maximum absolute atomic E-state index is 11.7. The molecule has 1 fully saturated rings. The molecule has 122 valence electrons. The van der Waals surface area contributed by atoms with Gasteiger partial charge >= 0.3 is 12.2 Å². The predicted octanol–water partition coefficient (Wildman–Crippen LogP) is 2.57. The number of piperidine rings is 1. The first-order valence-electron chi connectivity index (χ1n) is 7.41. The number of hydrogen-bond donors (Lipinski definition) is 0. The summed E-state index contributed by atoms with van der Waals surface area (Å²) in [5, 5.41) is 0. The third-order valence-corrected chi connectivity index (χ3v) is 3.44. The molecule has 0 bridgehead atoms. The van der Waals surface area contributed by atoms with Gasteiger partial charge in [-0.15, -0.1) is 6.42 Å². The molecular weight excluding hydrogens is 298 g/mol. The highest BCUT2D eigenvalue weighted by atomic mass is 16.7. The monoisotopic (exact) mass is 317 g/mol. The average molecular weight is 317 g/mol. The molecule has 0 spiro atoms. The largest absolute Gasteiger partial charge is 0.508 e. The van der Waals surface area contributed by atoms with E-state index in [1.807, 2.05) is 30.3 Å². The first kappa shape index (κ1) is 16.7. The van der Waals surface area contributed by atoms with E-state index in [2.05, 4.69) is 5.92 Å². The molecule has 1 aliphatic heterocycles. The zero-order valence-corrected chi connectivity index (χ0v) is 12.8. The summed E-state index contributed by atoms with van der Waals surface area (Å²) in [5.74, 6) is 2.24. The Morgan fingerprint density at radius 2 is 1.87 bits per heavy atom. The van der Waals surface area contributed by atoms with E-state index in [9.17, 15) is 9.59 Å². The van der Waals surface area contributed by atoms with Crippen molar-refractivity contribution in [3.63, 3.8) is 0 Å². The second kappa shape index (κ2) is 8.69. The Hall–Kier alpha value is -2.68. The molecule has 0 unspecified atom stereocenters. The molecule has 1 aliphatic rings. The summed E-state index contributed by atoms with van der Waals surface area (Å²) in [6.07, 6.45) is 4.75. The number of terminal acetylenes is 1. The van der Waals surface area contributed by atoms with Crippen LogP contribution in [0.15, 0.2) is 30.3 Å². The summed E-state index contributed by atoms with van der Waals surface area (Å²) in [5.41, 5.74) is 0.899. The first-order valence-corrected chi connectivity index (χ1v) is 7.41. The summed E-state index contributed by atoms with van der Waals surface area (Å²) in [6, 6.07) is 9.38. The Bertz CT molecular complexity index is 558. The maximum atomic E-state index is 11.7. The minimum absolute atomic E-state index is 0.0406. The normalized spacial score (nSPS) is 14.7. The Kier molecular flexibility index (Phi) is 6.30. The van der Waals surface area contributed by atoms with Crippen LogP contribution >= 0.6 is 0 Å². The molecule has 0 aromatic heterocycles. The molecule has 6 nitrogen and oxygen atoms in total. The molecule has 0 saturated carbocycles. The van der Waals surface area contributed by atoms with Crippen LogP contribution in [-0.2, 0) is 20.8 Å². The van der Waals surface area contributed by atoms with Crippen LogP contribution in [0, 0.1) is 12.3 Å². The van der Waals surface area contributed by atoms with Crippen LogP contribution in [-0.4, -0.2) is 42.9 Å². The molecule has 23 heavy (non-hydrogen) atoms. The zero-order valence-electron chi connectivity index (χ0n) is 12.8. The second-order valence-electron chi connectivity index (χ2n) is 5.09. The molecule has 1 saturated heterocycles. The molecule has 1 heterocycles. The highest BCUT2D eigenvalue weighted by Gasteiger charge is 2.26. The molecule has 0 atom stereocenters. The number of carbonyl (C=O) groups excluding carboxylic acids is 2. The van der Waals surface area contributed by atoms with Crippen molar-refractivity contribution >= 4 is 12.2 Å². The predicted molar refractivity (Wildman–Crippen MR) is 82.5 cm³/mol. The summed E-state index contributed by atoms with van der Waals surface area (Å²) in [7, 11) is 0. The highest BCUT2D eigenvalue weighted by molar-refractivity contribution is 5.68. The lowest BCUT2D eigenvalue weighted by molar-refractivity contribution is -0.00304. The maximum Gasteiger partial charge on any atom is 0.508 e. The number of benzene rings is 1. The van der Waals surface area contributed by atoms with E-state index >= 15 is 0 Å². The fraction of sp³-hybridized carbons (Fsp3) is 0.412. The number of ether oxygens (including phenoxy) is 3. The van der Waals surface area contributed by atoms with Gasteiger partial charge in [0.25, 0.3) is 0 Å². The Labute approximate surface area is 135 Å². The summed E-state index contributed by atoms with van der Waals surface area (Å²) in [6.45, 7) is 1.05. The molecule has 6 heteroatoms. The lowest BCUT2D eigenvalue weighted by Gasteiger charge is -2.30. The molecule has 1 aromatic carbocycles. The number of carbonyl (C=O) groups is 2. The number of likely N-dealkylation sites (tertiary alicyclic amines) is 1. The van der Waals surface area contributed by atoms with Crippen LogP contribution in [0.5, 0.6) is 0 Å². The van der Waals surface area contributed by atoms with Gasteiger partial charge in [-0.05, 0) is 5.56 Å². The van der Waals surface area contributed by atoms with Gasteiger partial charge in [0.2, 0.25) is 0 Å². The third kappa shape index (κ3) is 5.55. The van der Waals surface area contributed by atoms with E-state index in [1.54, 1.807) is 4.90 Å². The van der Waals surface area contributed by atoms with Crippen molar-refractivity contribution in [1.29, 1.82) is 0 Å². The SMILES string of the molecule is C#CCOC(=O)N1CCC(OC(=O)OCc2ccccc2)CC1. The quantitative estimate of drug-likeness (QED) is 0.631.